The lowest BCUT2D eigenvalue weighted by atomic mass is 10.1. The summed E-state index contributed by atoms with van der Waals surface area (Å²) in [6, 6.07) is 5.75. The summed E-state index contributed by atoms with van der Waals surface area (Å²) in [6.45, 7) is 3.42. The third kappa shape index (κ3) is 3.18. The second kappa shape index (κ2) is 6.54. The van der Waals surface area contributed by atoms with Crippen LogP contribution in [0.5, 0.6) is 0 Å². The van der Waals surface area contributed by atoms with E-state index in [4.69, 9.17) is 4.74 Å². The predicted octanol–water partition coefficient (Wildman–Crippen LogP) is 2.81. The minimum atomic E-state index is -0.629. The molecule has 1 aliphatic heterocycles. The van der Waals surface area contributed by atoms with Crippen molar-refractivity contribution in [2.24, 2.45) is 0 Å². The smallest absolute Gasteiger partial charge is 0.151 e. The molecule has 0 aliphatic carbocycles. The van der Waals surface area contributed by atoms with E-state index in [2.05, 4.69) is 17.3 Å². The van der Waals surface area contributed by atoms with Crippen LogP contribution in [0.15, 0.2) is 30.5 Å². The first-order valence-corrected chi connectivity index (χ1v) is 7.49. The van der Waals surface area contributed by atoms with Crippen LogP contribution in [-0.2, 0) is 11.3 Å². The summed E-state index contributed by atoms with van der Waals surface area (Å²) in [4.78, 5) is 0. The number of nitrogens with zero attached hydrogens (tertiary/aromatic N) is 2. The molecule has 0 saturated carbocycles. The van der Waals surface area contributed by atoms with Gasteiger partial charge in [0, 0.05) is 25.4 Å². The molecular weight excluding hydrogens is 288 g/mol. The van der Waals surface area contributed by atoms with Gasteiger partial charge in [-0.25, -0.2) is 13.5 Å². The summed E-state index contributed by atoms with van der Waals surface area (Å²) < 4.78 is 34.3. The highest BCUT2D eigenvalue weighted by molar-refractivity contribution is 5.34. The van der Waals surface area contributed by atoms with Crippen LogP contribution in [0.3, 0.4) is 0 Å². The van der Waals surface area contributed by atoms with Gasteiger partial charge in [0.05, 0.1) is 11.8 Å². The van der Waals surface area contributed by atoms with Crippen molar-refractivity contribution in [1.82, 2.24) is 15.1 Å². The highest BCUT2D eigenvalue weighted by atomic mass is 19.1. The zero-order valence-corrected chi connectivity index (χ0v) is 12.4. The van der Waals surface area contributed by atoms with Crippen LogP contribution in [-0.4, -0.2) is 28.5 Å². The first-order chi connectivity index (χ1) is 10.6. The van der Waals surface area contributed by atoms with Gasteiger partial charge >= 0.3 is 0 Å². The quantitative estimate of drug-likeness (QED) is 0.923. The minimum absolute atomic E-state index is 0.152. The maximum absolute atomic E-state index is 13.7. The summed E-state index contributed by atoms with van der Waals surface area (Å²) in [5.74, 6) is -1.26. The van der Waals surface area contributed by atoms with Crippen LogP contribution < -0.4 is 5.32 Å². The molecule has 0 bridgehead atoms. The zero-order chi connectivity index (χ0) is 15.5. The molecule has 2 atom stereocenters. The molecular formula is C16H19F2N3O. The molecule has 1 aromatic heterocycles. The van der Waals surface area contributed by atoms with E-state index in [1.54, 1.807) is 12.3 Å². The van der Waals surface area contributed by atoms with E-state index in [1.165, 1.54) is 22.9 Å². The van der Waals surface area contributed by atoms with E-state index in [0.29, 0.717) is 6.54 Å². The van der Waals surface area contributed by atoms with Gasteiger partial charge < -0.3 is 10.1 Å². The first-order valence-electron chi connectivity index (χ1n) is 7.49. The van der Waals surface area contributed by atoms with E-state index in [0.717, 1.165) is 25.1 Å². The van der Waals surface area contributed by atoms with Crippen LogP contribution in [0.1, 0.15) is 25.5 Å². The average molecular weight is 307 g/mol. The van der Waals surface area contributed by atoms with Crippen LogP contribution >= 0.6 is 0 Å². The fourth-order valence-electron chi connectivity index (χ4n) is 2.68. The Labute approximate surface area is 128 Å². The Morgan fingerprint density at radius 2 is 2.14 bits per heavy atom. The highest BCUT2D eigenvalue weighted by Crippen LogP contribution is 2.18. The number of benzene rings is 1. The molecule has 2 aromatic rings. The largest absolute Gasteiger partial charge is 0.377 e. The van der Waals surface area contributed by atoms with E-state index in [-0.39, 0.29) is 17.8 Å². The molecule has 1 N–H and O–H groups in total. The number of nitrogens with one attached hydrogen (secondary N) is 1. The Kier molecular flexibility index (Phi) is 4.49. The molecule has 4 nitrogen and oxygen atoms in total. The lowest BCUT2D eigenvalue weighted by Gasteiger charge is -2.19. The van der Waals surface area contributed by atoms with E-state index in [1.807, 2.05) is 0 Å². The zero-order valence-electron chi connectivity index (χ0n) is 12.4. The van der Waals surface area contributed by atoms with Gasteiger partial charge in [0.25, 0.3) is 0 Å². The minimum Gasteiger partial charge on any atom is -0.377 e. The summed E-state index contributed by atoms with van der Waals surface area (Å²) in [5.41, 5.74) is 0.577. The van der Waals surface area contributed by atoms with Crippen molar-refractivity contribution in [1.29, 1.82) is 0 Å². The van der Waals surface area contributed by atoms with Crippen LogP contribution in [0.4, 0.5) is 8.78 Å². The van der Waals surface area contributed by atoms with Crippen LogP contribution in [0, 0.1) is 11.6 Å². The van der Waals surface area contributed by atoms with Gasteiger partial charge in [0.15, 0.2) is 11.6 Å². The summed E-state index contributed by atoms with van der Waals surface area (Å²) in [5, 5.41) is 7.58. The monoisotopic (exact) mass is 307 g/mol. The molecule has 1 fully saturated rings. The second-order valence-electron chi connectivity index (χ2n) is 5.54. The predicted molar refractivity (Wildman–Crippen MR) is 78.8 cm³/mol. The topological polar surface area (TPSA) is 39.1 Å². The van der Waals surface area contributed by atoms with Crippen molar-refractivity contribution in [2.75, 3.05) is 6.61 Å². The fourth-order valence-corrected chi connectivity index (χ4v) is 2.68. The molecule has 1 aliphatic rings. The molecule has 1 aromatic carbocycles. The molecule has 2 heterocycles. The van der Waals surface area contributed by atoms with Crippen LogP contribution in [0.2, 0.25) is 0 Å². The summed E-state index contributed by atoms with van der Waals surface area (Å²) in [6.07, 6.45) is 3.95. The van der Waals surface area contributed by atoms with Crippen molar-refractivity contribution in [2.45, 2.75) is 38.5 Å². The van der Waals surface area contributed by atoms with Gasteiger partial charge in [-0.1, -0.05) is 6.07 Å². The van der Waals surface area contributed by atoms with E-state index >= 15 is 0 Å². The Bertz CT molecular complexity index is 618. The van der Waals surface area contributed by atoms with Crippen molar-refractivity contribution in [3.05, 3.63) is 47.8 Å². The molecule has 6 heteroatoms. The second-order valence-corrected chi connectivity index (χ2v) is 5.54. The Morgan fingerprint density at radius 1 is 1.36 bits per heavy atom. The van der Waals surface area contributed by atoms with E-state index in [9.17, 15) is 8.78 Å². The van der Waals surface area contributed by atoms with E-state index < -0.39 is 11.6 Å². The van der Waals surface area contributed by atoms with Gasteiger partial charge in [-0.05, 0) is 38.0 Å². The number of hydrogen-bond acceptors (Lipinski definition) is 3. The lowest BCUT2D eigenvalue weighted by molar-refractivity contribution is 0.0831. The molecule has 1 saturated heterocycles. The van der Waals surface area contributed by atoms with Gasteiger partial charge in [-0.3, -0.25) is 0 Å². The Morgan fingerprint density at radius 3 is 2.82 bits per heavy atom. The normalized spacial score (nSPS) is 19.5. The molecule has 3 rings (SSSR count). The van der Waals surface area contributed by atoms with Gasteiger partial charge in [-0.2, -0.15) is 5.10 Å². The third-order valence-electron chi connectivity index (χ3n) is 3.94. The summed E-state index contributed by atoms with van der Waals surface area (Å²) >= 11 is 0. The Balaban J connectivity index is 1.66. The maximum Gasteiger partial charge on any atom is 0.151 e. The van der Waals surface area contributed by atoms with Crippen molar-refractivity contribution < 1.29 is 13.5 Å². The number of para-hydroxylation sites is 1. The summed E-state index contributed by atoms with van der Waals surface area (Å²) in [7, 11) is 0. The van der Waals surface area contributed by atoms with Gasteiger partial charge in [-0.15, -0.1) is 0 Å². The number of aromatic nitrogens is 2. The number of hydrogen-bond donors (Lipinski definition) is 1. The molecule has 0 spiro atoms. The average Bonchev–Trinajstić information content (AvgIpc) is 3.16. The third-order valence-corrected chi connectivity index (χ3v) is 3.94. The molecule has 2 unspecified atom stereocenters. The van der Waals surface area contributed by atoms with Crippen molar-refractivity contribution in [3.63, 3.8) is 0 Å². The molecule has 0 radical (unpaired) electrons. The standard InChI is InChI=1S/C16H19F2N3O/c1-11(15-6-3-9-22-15)19-10-12-7-8-21(20-12)16-13(17)4-2-5-14(16)18/h2,4-5,7-8,11,15,19H,3,6,9-10H2,1H3. The SMILES string of the molecule is CC(NCc1ccn(-c2c(F)cccc2F)n1)C1CCCO1. The fraction of sp³-hybridized carbons (Fsp3) is 0.438. The van der Waals surface area contributed by atoms with Gasteiger partial charge in [0.2, 0.25) is 0 Å². The van der Waals surface area contributed by atoms with Crippen LogP contribution in [0.25, 0.3) is 5.69 Å². The lowest BCUT2D eigenvalue weighted by Crippen LogP contribution is -2.36. The van der Waals surface area contributed by atoms with Gasteiger partial charge in [0.1, 0.15) is 5.69 Å². The first kappa shape index (κ1) is 15.1. The van der Waals surface area contributed by atoms with Crippen molar-refractivity contribution >= 4 is 0 Å². The maximum atomic E-state index is 13.7. The number of halogens is 2. The molecule has 118 valence electrons. The Hall–Kier alpha value is -1.79. The highest BCUT2D eigenvalue weighted by Gasteiger charge is 2.22. The molecule has 22 heavy (non-hydrogen) atoms. The molecule has 0 amide bonds. The number of ether oxygens (including phenoxy) is 1. The number of rotatable bonds is 5. The van der Waals surface area contributed by atoms with Crippen molar-refractivity contribution in [3.8, 4) is 5.69 Å².